The molecule has 1 unspecified atom stereocenters. The van der Waals surface area contributed by atoms with Gasteiger partial charge < -0.3 is 14.4 Å². The number of rotatable bonds is 8. The summed E-state index contributed by atoms with van der Waals surface area (Å²) in [7, 11) is 0. The van der Waals surface area contributed by atoms with Crippen LogP contribution in [0.5, 0.6) is 5.75 Å². The predicted octanol–water partition coefficient (Wildman–Crippen LogP) is 4.16. The third-order valence-corrected chi connectivity index (χ3v) is 4.71. The molecule has 0 radical (unpaired) electrons. The van der Waals surface area contributed by atoms with Crippen LogP contribution in [0.25, 0.3) is 11.0 Å². The van der Waals surface area contributed by atoms with E-state index in [0.29, 0.717) is 25.5 Å². The van der Waals surface area contributed by atoms with Crippen molar-refractivity contribution in [2.24, 2.45) is 0 Å². The molecule has 0 saturated carbocycles. The van der Waals surface area contributed by atoms with Crippen LogP contribution in [-0.4, -0.2) is 27.9 Å². The van der Waals surface area contributed by atoms with Crippen LogP contribution in [0.1, 0.15) is 37.6 Å². The first-order chi connectivity index (χ1) is 12.2. The fraction of sp³-hybridized carbons (Fsp3) is 0.381. The van der Waals surface area contributed by atoms with Gasteiger partial charge in [-0.3, -0.25) is 0 Å². The molecule has 3 rings (SSSR count). The van der Waals surface area contributed by atoms with Crippen LogP contribution in [0.2, 0.25) is 0 Å². The highest BCUT2D eigenvalue weighted by Gasteiger charge is 2.10. The number of aromatic nitrogens is 2. The third kappa shape index (κ3) is 4.02. The lowest BCUT2D eigenvalue weighted by Gasteiger charge is -2.12. The molecule has 0 aliphatic rings. The summed E-state index contributed by atoms with van der Waals surface area (Å²) in [5.41, 5.74) is 3.39. The van der Waals surface area contributed by atoms with Gasteiger partial charge in [0.05, 0.1) is 24.2 Å². The molecule has 0 fully saturated rings. The number of aliphatic hydroxyl groups is 1. The van der Waals surface area contributed by atoms with E-state index in [4.69, 9.17) is 4.74 Å². The SMILES string of the molecule is CCC(C)c1ccc(OCCn2c(CCO)nc3ccccc32)cc1. The second kappa shape index (κ2) is 8.17. The van der Waals surface area contributed by atoms with E-state index in [1.807, 2.05) is 30.3 Å². The van der Waals surface area contributed by atoms with Gasteiger partial charge in [-0.05, 0) is 42.2 Å². The van der Waals surface area contributed by atoms with Crippen molar-refractivity contribution in [2.45, 2.75) is 39.2 Å². The summed E-state index contributed by atoms with van der Waals surface area (Å²) < 4.78 is 8.06. The Morgan fingerprint density at radius 3 is 2.60 bits per heavy atom. The molecule has 2 aromatic carbocycles. The number of hydrogen-bond acceptors (Lipinski definition) is 3. The number of imidazole rings is 1. The maximum Gasteiger partial charge on any atom is 0.119 e. The van der Waals surface area contributed by atoms with E-state index in [1.54, 1.807) is 0 Å². The monoisotopic (exact) mass is 338 g/mol. The van der Waals surface area contributed by atoms with Gasteiger partial charge in [-0.15, -0.1) is 0 Å². The zero-order chi connectivity index (χ0) is 17.6. The van der Waals surface area contributed by atoms with Gasteiger partial charge in [0, 0.05) is 6.42 Å². The minimum Gasteiger partial charge on any atom is -0.492 e. The van der Waals surface area contributed by atoms with Crippen LogP contribution in [0, 0.1) is 0 Å². The maximum atomic E-state index is 9.28. The normalized spacial score (nSPS) is 12.4. The van der Waals surface area contributed by atoms with Crippen LogP contribution in [-0.2, 0) is 13.0 Å². The Kier molecular flexibility index (Phi) is 5.71. The Morgan fingerprint density at radius 1 is 1.12 bits per heavy atom. The van der Waals surface area contributed by atoms with Crippen molar-refractivity contribution in [1.82, 2.24) is 9.55 Å². The summed E-state index contributed by atoms with van der Waals surface area (Å²) >= 11 is 0. The Labute approximate surface area is 149 Å². The Balaban J connectivity index is 1.67. The number of para-hydroxylation sites is 2. The van der Waals surface area contributed by atoms with Gasteiger partial charge >= 0.3 is 0 Å². The standard InChI is InChI=1S/C21H26N2O2/c1-3-16(2)17-8-10-18(11-9-17)25-15-13-23-20-7-5-4-6-19(20)22-21(23)12-14-24/h4-11,16,24H,3,12-15H2,1-2H3. The summed E-state index contributed by atoms with van der Waals surface area (Å²) in [6, 6.07) is 16.4. The lowest BCUT2D eigenvalue weighted by atomic mass is 9.99. The number of ether oxygens (including phenoxy) is 1. The van der Waals surface area contributed by atoms with Gasteiger partial charge in [-0.2, -0.15) is 0 Å². The van der Waals surface area contributed by atoms with Crippen molar-refractivity contribution >= 4 is 11.0 Å². The second-order valence-electron chi connectivity index (χ2n) is 6.37. The van der Waals surface area contributed by atoms with Crippen LogP contribution in [0.4, 0.5) is 0 Å². The molecule has 3 aromatic rings. The molecule has 132 valence electrons. The molecule has 0 aliphatic carbocycles. The zero-order valence-electron chi connectivity index (χ0n) is 15.0. The van der Waals surface area contributed by atoms with E-state index in [9.17, 15) is 5.11 Å². The summed E-state index contributed by atoms with van der Waals surface area (Å²) in [4.78, 5) is 4.62. The lowest BCUT2D eigenvalue weighted by Crippen LogP contribution is -2.12. The van der Waals surface area contributed by atoms with Crippen molar-refractivity contribution < 1.29 is 9.84 Å². The minimum atomic E-state index is 0.0985. The molecule has 0 amide bonds. The predicted molar refractivity (Wildman–Crippen MR) is 101 cm³/mol. The van der Waals surface area contributed by atoms with Gasteiger partial charge in [0.1, 0.15) is 18.2 Å². The maximum absolute atomic E-state index is 9.28. The van der Waals surface area contributed by atoms with Gasteiger partial charge in [0.25, 0.3) is 0 Å². The highest BCUT2D eigenvalue weighted by atomic mass is 16.5. The molecule has 4 nitrogen and oxygen atoms in total. The van der Waals surface area contributed by atoms with Crippen molar-refractivity contribution in [3.8, 4) is 5.75 Å². The average molecular weight is 338 g/mol. The molecule has 1 aromatic heterocycles. The quantitative estimate of drug-likeness (QED) is 0.671. The van der Waals surface area contributed by atoms with E-state index in [-0.39, 0.29) is 6.61 Å². The summed E-state index contributed by atoms with van der Waals surface area (Å²) in [6.07, 6.45) is 1.69. The van der Waals surface area contributed by atoms with Crippen LogP contribution < -0.4 is 4.74 Å². The molecular weight excluding hydrogens is 312 g/mol. The summed E-state index contributed by atoms with van der Waals surface area (Å²) in [6.45, 7) is 5.82. The van der Waals surface area contributed by atoms with E-state index in [1.165, 1.54) is 5.56 Å². The molecule has 1 heterocycles. The number of aliphatic hydroxyl groups excluding tert-OH is 1. The third-order valence-electron chi connectivity index (χ3n) is 4.71. The first-order valence-electron chi connectivity index (χ1n) is 9.00. The van der Waals surface area contributed by atoms with Crippen molar-refractivity contribution in [1.29, 1.82) is 0 Å². The topological polar surface area (TPSA) is 47.3 Å². The van der Waals surface area contributed by atoms with Crippen molar-refractivity contribution in [2.75, 3.05) is 13.2 Å². The smallest absolute Gasteiger partial charge is 0.119 e. The van der Waals surface area contributed by atoms with E-state index >= 15 is 0 Å². The van der Waals surface area contributed by atoms with Gasteiger partial charge in [-0.1, -0.05) is 38.1 Å². The molecule has 0 spiro atoms. The fourth-order valence-corrected chi connectivity index (χ4v) is 3.05. The zero-order valence-corrected chi connectivity index (χ0v) is 15.0. The second-order valence-corrected chi connectivity index (χ2v) is 6.37. The van der Waals surface area contributed by atoms with Gasteiger partial charge in [0.2, 0.25) is 0 Å². The first-order valence-corrected chi connectivity index (χ1v) is 9.00. The lowest BCUT2D eigenvalue weighted by molar-refractivity contribution is 0.283. The Bertz CT molecular complexity index is 808. The van der Waals surface area contributed by atoms with Crippen molar-refractivity contribution in [3.05, 3.63) is 59.9 Å². The highest BCUT2D eigenvalue weighted by Crippen LogP contribution is 2.22. The minimum absolute atomic E-state index is 0.0985. The number of hydrogen-bond donors (Lipinski definition) is 1. The number of fused-ring (bicyclic) bond motifs is 1. The highest BCUT2D eigenvalue weighted by molar-refractivity contribution is 5.75. The van der Waals surface area contributed by atoms with Crippen LogP contribution >= 0.6 is 0 Å². The molecule has 0 bridgehead atoms. The van der Waals surface area contributed by atoms with Crippen molar-refractivity contribution in [3.63, 3.8) is 0 Å². The van der Waals surface area contributed by atoms with Crippen LogP contribution in [0.15, 0.2) is 48.5 Å². The molecule has 25 heavy (non-hydrogen) atoms. The first kappa shape index (κ1) is 17.5. The number of nitrogens with zero attached hydrogens (tertiary/aromatic N) is 2. The van der Waals surface area contributed by atoms with Crippen LogP contribution in [0.3, 0.4) is 0 Å². The average Bonchev–Trinajstić information content (AvgIpc) is 2.99. The molecule has 1 atom stereocenters. The number of benzene rings is 2. The molecule has 0 aliphatic heterocycles. The molecule has 0 saturated heterocycles. The van der Waals surface area contributed by atoms with E-state index < -0.39 is 0 Å². The molecule has 4 heteroatoms. The molecular formula is C21H26N2O2. The van der Waals surface area contributed by atoms with E-state index in [0.717, 1.165) is 29.0 Å². The fourth-order valence-electron chi connectivity index (χ4n) is 3.05. The summed E-state index contributed by atoms with van der Waals surface area (Å²) in [5.74, 6) is 2.37. The largest absolute Gasteiger partial charge is 0.492 e. The molecule has 1 N–H and O–H groups in total. The summed E-state index contributed by atoms with van der Waals surface area (Å²) in [5, 5.41) is 9.28. The van der Waals surface area contributed by atoms with Gasteiger partial charge in [0.15, 0.2) is 0 Å². The Morgan fingerprint density at radius 2 is 1.88 bits per heavy atom. The van der Waals surface area contributed by atoms with Gasteiger partial charge in [-0.25, -0.2) is 4.98 Å². The Hall–Kier alpha value is -2.33. The van der Waals surface area contributed by atoms with E-state index in [2.05, 4.69) is 41.6 Å².